The van der Waals surface area contributed by atoms with Crippen LogP contribution in [0.25, 0.3) is 0 Å². The summed E-state index contributed by atoms with van der Waals surface area (Å²) in [5.41, 5.74) is 9.55. The first kappa shape index (κ1) is 10.7. The maximum absolute atomic E-state index is 5.73. The number of hydrogen-bond acceptors (Lipinski definition) is 2. The lowest BCUT2D eigenvalue weighted by molar-refractivity contribution is 0.432. The van der Waals surface area contributed by atoms with E-state index in [1.165, 1.54) is 49.1 Å². The zero-order valence-corrected chi connectivity index (χ0v) is 9.79. The van der Waals surface area contributed by atoms with Crippen LogP contribution < -0.4 is 5.73 Å². The summed E-state index contributed by atoms with van der Waals surface area (Å²) in [6, 6.07) is 0. The molecular formula is C12H21N3. The molecule has 3 heteroatoms. The monoisotopic (exact) mass is 207 g/mol. The molecular weight excluding hydrogens is 186 g/mol. The zero-order chi connectivity index (χ0) is 10.8. The van der Waals surface area contributed by atoms with Gasteiger partial charge >= 0.3 is 0 Å². The van der Waals surface area contributed by atoms with Crippen molar-refractivity contribution in [3.8, 4) is 0 Å². The van der Waals surface area contributed by atoms with Gasteiger partial charge in [0.2, 0.25) is 0 Å². The Morgan fingerprint density at radius 2 is 2.00 bits per heavy atom. The molecule has 3 nitrogen and oxygen atoms in total. The van der Waals surface area contributed by atoms with Crippen molar-refractivity contribution in [1.82, 2.24) is 9.78 Å². The van der Waals surface area contributed by atoms with Gasteiger partial charge in [0, 0.05) is 19.5 Å². The van der Waals surface area contributed by atoms with Crippen LogP contribution in [0.2, 0.25) is 0 Å². The molecule has 2 N–H and O–H groups in total. The van der Waals surface area contributed by atoms with Crippen LogP contribution in [0.4, 0.5) is 0 Å². The lowest BCUT2D eigenvalue weighted by Crippen LogP contribution is -2.06. The van der Waals surface area contributed by atoms with Crippen LogP contribution in [-0.2, 0) is 13.6 Å². The van der Waals surface area contributed by atoms with Gasteiger partial charge in [-0.3, -0.25) is 4.68 Å². The fourth-order valence-corrected chi connectivity index (χ4v) is 2.74. The molecule has 1 aromatic heterocycles. The van der Waals surface area contributed by atoms with Gasteiger partial charge in [0.15, 0.2) is 0 Å². The minimum Gasteiger partial charge on any atom is -0.325 e. The maximum atomic E-state index is 5.73. The highest BCUT2D eigenvalue weighted by atomic mass is 15.3. The van der Waals surface area contributed by atoms with Gasteiger partial charge in [0.1, 0.15) is 0 Å². The number of nitrogens with two attached hydrogens (primary N) is 1. The quantitative estimate of drug-likeness (QED) is 0.808. The largest absolute Gasteiger partial charge is 0.325 e. The van der Waals surface area contributed by atoms with Crippen molar-refractivity contribution in [3.05, 3.63) is 17.0 Å². The van der Waals surface area contributed by atoms with E-state index < -0.39 is 0 Å². The van der Waals surface area contributed by atoms with E-state index in [2.05, 4.69) is 12.0 Å². The second kappa shape index (κ2) is 4.35. The highest BCUT2D eigenvalue weighted by Gasteiger charge is 2.22. The average molecular weight is 207 g/mol. The number of nitrogens with zero attached hydrogens (tertiary/aromatic N) is 2. The third-order valence-electron chi connectivity index (χ3n) is 3.65. The van der Waals surface area contributed by atoms with Gasteiger partial charge in [0.05, 0.1) is 11.4 Å². The van der Waals surface area contributed by atoms with Crippen molar-refractivity contribution in [3.63, 3.8) is 0 Å². The van der Waals surface area contributed by atoms with Gasteiger partial charge < -0.3 is 5.73 Å². The van der Waals surface area contributed by atoms with Crippen LogP contribution in [0, 0.1) is 6.92 Å². The molecule has 1 aliphatic rings. The topological polar surface area (TPSA) is 43.8 Å². The van der Waals surface area contributed by atoms with E-state index in [9.17, 15) is 0 Å². The summed E-state index contributed by atoms with van der Waals surface area (Å²) in [5, 5.41) is 4.64. The summed E-state index contributed by atoms with van der Waals surface area (Å²) in [4.78, 5) is 0. The second-order valence-electron chi connectivity index (χ2n) is 4.62. The summed E-state index contributed by atoms with van der Waals surface area (Å²) in [5.74, 6) is 0.685. The van der Waals surface area contributed by atoms with E-state index >= 15 is 0 Å². The predicted molar refractivity (Wildman–Crippen MR) is 61.7 cm³/mol. The molecule has 0 atom stereocenters. The molecule has 0 aromatic carbocycles. The van der Waals surface area contributed by atoms with Crippen LogP contribution >= 0.6 is 0 Å². The van der Waals surface area contributed by atoms with E-state index in [0.29, 0.717) is 12.5 Å². The first-order chi connectivity index (χ1) is 7.24. The van der Waals surface area contributed by atoms with Crippen LogP contribution in [0.15, 0.2) is 0 Å². The molecule has 1 aliphatic carbocycles. The Morgan fingerprint density at radius 1 is 1.33 bits per heavy atom. The Labute approximate surface area is 91.7 Å². The molecule has 1 fully saturated rings. The molecule has 1 saturated carbocycles. The summed E-state index contributed by atoms with van der Waals surface area (Å²) in [6.45, 7) is 2.77. The number of hydrogen-bond donors (Lipinski definition) is 1. The van der Waals surface area contributed by atoms with E-state index in [1.807, 2.05) is 11.7 Å². The van der Waals surface area contributed by atoms with Crippen molar-refractivity contribution < 1.29 is 0 Å². The van der Waals surface area contributed by atoms with Gasteiger partial charge in [-0.2, -0.15) is 5.10 Å². The number of aromatic nitrogens is 2. The predicted octanol–water partition coefficient (Wildman–Crippen LogP) is 2.23. The van der Waals surface area contributed by atoms with Crippen molar-refractivity contribution >= 4 is 0 Å². The molecule has 15 heavy (non-hydrogen) atoms. The van der Waals surface area contributed by atoms with Gasteiger partial charge in [-0.1, -0.05) is 19.3 Å². The van der Waals surface area contributed by atoms with Gasteiger partial charge in [0.25, 0.3) is 0 Å². The average Bonchev–Trinajstić information content (AvgIpc) is 2.55. The molecule has 0 radical (unpaired) electrons. The summed E-state index contributed by atoms with van der Waals surface area (Å²) >= 11 is 0. The van der Waals surface area contributed by atoms with Crippen LogP contribution in [0.1, 0.15) is 55.0 Å². The minimum atomic E-state index is 0.599. The molecule has 0 aliphatic heterocycles. The molecule has 0 saturated heterocycles. The van der Waals surface area contributed by atoms with Crippen LogP contribution in [0.3, 0.4) is 0 Å². The fraction of sp³-hybridized carbons (Fsp3) is 0.750. The van der Waals surface area contributed by atoms with Gasteiger partial charge in [-0.05, 0) is 25.3 Å². The van der Waals surface area contributed by atoms with E-state index in [0.717, 1.165) is 0 Å². The third-order valence-corrected chi connectivity index (χ3v) is 3.65. The molecule has 0 unspecified atom stereocenters. The molecule has 0 amide bonds. The molecule has 1 heterocycles. The second-order valence-corrected chi connectivity index (χ2v) is 4.62. The smallest absolute Gasteiger partial charge is 0.0687 e. The SMILES string of the molecule is Cc1c(C2CCCCC2)nn(C)c1CN. The zero-order valence-electron chi connectivity index (χ0n) is 9.79. The summed E-state index contributed by atoms with van der Waals surface area (Å²) in [7, 11) is 2.00. The first-order valence-electron chi connectivity index (χ1n) is 5.96. The van der Waals surface area contributed by atoms with Crippen LogP contribution in [0.5, 0.6) is 0 Å². The van der Waals surface area contributed by atoms with Gasteiger partial charge in [-0.25, -0.2) is 0 Å². The molecule has 1 aromatic rings. The number of aryl methyl sites for hydroxylation is 1. The minimum absolute atomic E-state index is 0.599. The Bertz CT molecular complexity index is 335. The Hall–Kier alpha value is -0.830. The lowest BCUT2D eigenvalue weighted by atomic mass is 9.85. The molecule has 0 spiro atoms. The molecule has 84 valence electrons. The summed E-state index contributed by atoms with van der Waals surface area (Å²) < 4.78 is 1.96. The lowest BCUT2D eigenvalue weighted by Gasteiger charge is -2.20. The Morgan fingerprint density at radius 3 is 2.53 bits per heavy atom. The highest BCUT2D eigenvalue weighted by molar-refractivity contribution is 5.27. The Balaban J connectivity index is 2.27. The Kier molecular flexibility index (Phi) is 3.10. The highest BCUT2D eigenvalue weighted by Crippen LogP contribution is 2.34. The van der Waals surface area contributed by atoms with Crippen molar-refractivity contribution in [1.29, 1.82) is 0 Å². The summed E-state index contributed by atoms with van der Waals surface area (Å²) in [6.07, 6.45) is 6.73. The third kappa shape index (κ3) is 1.93. The van der Waals surface area contributed by atoms with Crippen molar-refractivity contribution in [2.75, 3.05) is 0 Å². The van der Waals surface area contributed by atoms with E-state index in [-0.39, 0.29) is 0 Å². The van der Waals surface area contributed by atoms with Crippen LogP contribution in [-0.4, -0.2) is 9.78 Å². The number of rotatable bonds is 2. The van der Waals surface area contributed by atoms with Crippen molar-refractivity contribution in [2.24, 2.45) is 12.8 Å². The fourth-order valence-electron chi connectivity index (χ4n) is 2.74. The van der Waals surface area contributed by atoms with Crippen molar-refractivity contribution in [2.45, 2.75) is 51.5 Å². The molecule has 0 bridgehead atoms. The first-order valence-corrected chi connectivity index (χ1v) is 5.96. The molecule has 2 rings (SSSR count). The maximum Gasteiger partial charge on any atom is 0.0687 e. The van der Waals surface area contributed by atoms with Gasteiger partial charge in [-0.15, -0.1) is 0 Å². The van der Waals surface area contributed by atoms with E-state index in [1.54, 1.807) is 0 Å². The van der Waals surface area contributed by atoms with E-state index in [4.69, 9.17) is 5.73 Å². The normalized spacial score (nSPS) is 18.3. The standard InChI is InChI=1S/C12H21N3/c1-9-11(8-13)15(2)14-12(9)10-6-4-3-5-7-10/h10H,3-8,13H2,1-2H3.